The van der Waals surface area contributed by atoms with Crippen molar-refractivity contribution in [1.29, 1.82) is 0 Å². The average molecular weight is 416 g/mol. The maximum absolute atomic E-state index is 13.1. The molecule has 0 bridgehead atoms. The number of hydrogen-bond acceptors (Lipinski definition) is 7. The van der Waals surface area contributed by atoms with Gasteiger partial charge in [0.2, 0.25) is 6.79 Å². The van der Waals surface area contributed by atoms with E-state index in [2.05, 4.69) is 4.98 Å². The van der Waals surface area contributed by atoms with E-state index in [4.69, 9.17) is 9.47 Å². The number of carbonyl (C=O) groups is 2. The number of ketones is 1. The molecule has 3 aromatic rings. The summed E-state index contributed by atoms with van der Waals surface area (Å²) in [7, 11) is 0. The van der Waals surface area contributed by atoms with E-state index >= 15 is 0 Å². The second kappa shape index (κ2) is 7.17. The predicted molar refractivity (Wildman–Crippen MR) is 110 cm³/mol. The number of aromatic nitrogens is 1. The van der Waals surface area contributed by atoms with Crippen LogP contribution in [0.15, 0.2) is 72.6 Å². The van der Waals surface area contributed by atoms with Gasteiger partial charge < -0.3 is 19.7 Å². The van der Waals surface area contributed by atoms with Gasteiger partial charge in [-0.2, -0.15) is 0 Å². The minimum Gasteiger partial charge on any atom is -0.507 e. The lowest BCUT2D eigenvalue weighted by Crippen LogP contribution is -2.29. The number of anilines is 1. The van der Waals surface area contributed by atoms with E-state index < -0.39 is 17.7 Å². The largest absolute Gasteiger partial charge is 0.507 e. The molecule has 1 amide bonds. The van der Waals surface area contributed by atoms with E-state index in [1.54, 1.807) is 42.5 Å². The molecule has 1 fully saturated rings. The molecule has 1 aromatic heterocycles. The summed E-state index contributed by atoms with van der Waals surface area (Å²) in [6.07, 6.45) is 3.06. The molecule has 8 heteroatoms. The minimum atomic E-state index is -0.957. The topological polar surface area (TPSA) is 109 Å². The highest BCUT2D eigenvalue weighted by Gasteiger charge is 2.47. The Morgan fingerprint density at radius 2 is 1.74 bits per heavy atom. The van der Waals surface area contributed by atoms with Gasteiger partial charge in [0.1, 0.15) is 11.5 Å². The zero-order valence-electron chi connectivity index (χ0n) is 16.1. The number of nitrogens with zero attached hydrogens (tertiary/aromatic N) is 2. The fraction of sp³-hybridized carbons (Fsp3) is 0.0870. The Bertz CT molecular complexity index is 1240. The third kappa shape index (κ3) is 2.96. The number of aromatic hydroxyl groups is 1. The van der Waals surface area contributed by atoms with E-state index in [1.165, 1.54) is 29.4 Å². The Morgan fingerprint density at radius 1 is 1.00 bits per heavy atom. The Morgan fingerprint density at radius 3 is 2.52 bits per heavy atom. The summed E-state index contributed by atoms with van der Waals surface area (Å²) in [5, 5.41) is 21.5. The molecular formula is C23H16N2O6. The van der Waals surface area contributed by atoms with E-state index in [1.807, 2.05) is 0 Å². The lowest BCUT2D eigenvalue weighted by molar-refractivity contribution is -0.132. The fourth-order valence-corrected chi connectivity index (χ4v) is 3.81. The van der Waals surface area contributed by atoms with Gasteiger partial charge in [0.05, 0.1) is 17.3 Å². The van der Waals surface area contributed by atoms with Crippen LogP contribution in [0.25, 0.3) is 5.76 Å². The van der Waals surface area contributed by atoms with Crippen molar-refractivity contribution in [2.75, 3.05) is 11.7 Å². The summed E-state index contributed by atoms with van der Waals surface area (Å²) in [6, 6.07) is 13.3. The molecule has 2 aliphatic rings. The highest BCUT2D eigenvalue weighted by atomic mass is 16.7. The number of amides is 1. The average Bonchev–Trinajstić information content (AvgIpc) is 3.36. The molecule has 2 aliphatic heterocycles. The van der Waals surface area contributed by atoms with Gasteiger partial charge >= 0.3 is 0 Å². The first kappa shape index (κ1) is 18.7. The fourth-order valence-electron chi connectivity index (χ4n) is 3.81. The number of carbonyl (C=O) groups excluding carboxylic acids is 2. The van der Waals surface area contributed by atoms with Gasteiger partial charge in [-0.25, -0.2) is 0 Å². The van der Waals surface area contributed by atoms with Gasteiger partial charge in [0, 0.05) is 18.0 Å². The molecule has 0 saturated carbocycles. The summed E-state index contributed by atoms with van der Waals surface area (Å²) in [5.41, 5.74) is 0.924. The van der Waals surface area contributed by atoms with Crippen molar-refractivity contribution in [3.8, 4) is 17.2 Å². The molecule has 3 heterocycles. The molecule has 1 saturated heterocycles. The lowest BCUT2D eigenvalue weighted by atomic mass is 9.95. The number of aliphatic hydroxyl groups excluding tert-OH is 1. The summed E-state index contributed by atoms with van der Waals surface area (Å²) in [4.78, 5) is 31.3. The molecule has 0 radical (unpaired) electrons. The molecule has 2 aromatic carbocycles. The molecule has 0 spiro atoms. The van der Waals surface area contributed by atoms with Crippen molar-refractivity contribution in [3.05, 3.63) is 83.7 Å². The van der Waals surface area contributed by atoms with E-state index in [-0.39, 0.29) is 29.6 Å². The Balaban J connectivity index is 1.72. The van der Waals surface area contributed by atoms with Gasteiger partial charge in [-0.05, 0) is 48.0 Å². The first-order valence-electron chi connectivity index (χ1n) is 9.45. The smallest absolute Gasteiger partial charge is 0.300 e. The van der Waals surface area contributed by atoms with Crippen molar-refractivity contribution in [2.24, 2.45) is 0 Å². The van der Waals surface area contributed by atoms with Gasteiger partial charge in [-0.1, -0.05) is 12.1 Å². The van der Waals surface area contributed by atoms with Gasteiger partial charge in [-0.3, -0.25) is 19.5 Å². The molecule has 31 heavy (non-hydrogen) atoms. The Hall–Kier alpha value is -4.33. The first-order chi connectivity index (χ1) is 15.1. The van der Waals surface area contributed by atoms with Crippen LogP contribution in [0.1, 0.15) is 17.2 Å². The zero-order chi connectivity index (χ0) is 21.5. The molecule has 1 unspecified atom stereocenters. The molecule has 0 aliphatic carbocycles. The summed E-state index contributed by atoms with van der Waals surface area (Å²) < 4.78 is 10.6. The van der Waals surface area contributed by atoms with Crippen LogP contribution in [0.3, 0.4) is 0 Å². The summed E-state index contributed by atoms with van der Waals surface area (Å²) >= 11 is 0. The van der Waals surface area contributed by atoms with E-state index in [0.29, 0.717) is 22.6 Å². The van der Waals surface area contributed by atoms with Gasteiger partial charge in [-0.15, -0.1) is 0 Å². The lowest BCUT2D eigenvalue weighted by Gasteiger charge is -2.25. The van der Waals surface area contributed by atoms with Crippen LogP contribution >= 0.6 is 0 Å². The van der Waals surface area contributed by atoms with Crippen molar-refractivity contribution in [2.45, 2.75) is 6.04 Å². The van der Waals surface area contributed by atoms with Gasteiger partial charge in [0.25, 0.3) is 11.7 Å². The van der Waals surface area contributed by atoms with E-state index in [9.17, 15) is 19.8 Å². The maximum Gasteiger partial charge on any atom is 0.300 e. The summed E-state index contributed by atoms with van der Waals surface area (Å²) in [5.74, 6) is -1.27. The highest BCUT2D eigenvalue weighted by Crippen LogP contribution is 2.45. The number of benzene rings is 2. The predicted octanol–water partition coefficient (Wildman–Crippen LogP) is 3.14. The number of fused-ring (bicyclic) bond motifs is 1. The number of para-hydroxylation sites is 2. The van der Waals surface area contributed by atoms with Crippen molar-refractivity contribution < 1.29 is 29.3 Å². The number of aliphatic hydroxyl groups is 1. The minimum absolute atomic E-state index is 0.0637. The summed E-state index contributed by atoms with van der Waals surface area (Å²) in [6.45, 7) is 0.0637. The van der Waals surface area contributed by atoms with Crippen molar-refractivity contribution in [1.82, 2.24) is 4.98 Å². The maximum atomic E-state index is 13.1. The molecule has 2 N–H and O–H groups in total. The second-order valence-corrected chi connectivity index (χ2v) is 7.01. The number of pyridine rings is 1. The van der Waals surface area contributed by atoms with Gasteiger partial charge in [0.15, 0.2) is 11.5 Å². The molecule has 154 valence electrons. The molecule has 1 atom stereocenters. The van der Waals surface area contributed by atoms with Crippen molar-refractivity contribution >= 4 is 23.1 Å². The number of phenolic OH excluding ortho intramolecular Hbond substituents is 1. The first-order valence-corrected chi connectivity index (χ1v) is 9.45. The van der Waals surface area contributed by atoms with Crippen LogP contribution in [-0.2, 0) is 9.59 Å². The van der Waals surface area contributed by atoms with Crippen LogP contribution in [0.2, 0.25) is 0 Å². The standard InChI is InChI=1S/C23H16N2O6/c26-16-4-2-1-3-15(16)25-20(13-7-9-24-10-8-13)19(22(28)23(25)29)21(27)14-5-6-17-18(11-14)31-12-30-17/h1-11,20,26-27H,12H2/b21-19-. The normalized spacial score (nSPS) is 19.1. The Labute approximate surface area is 176 Å². The molecule has 5 rings (SSSR count). The highest BCUT2D eigenvalue weighted by molar-refractivity contribution is 6.51. The van der Waals surface area contributed by atoms with E-state index in [0.717, 1.165) is 0 Å². The van der Waals surface area contributed by atoms with Crippen LogP contribution in [0.4, 0.5) is 5.69 Å². The second-order valence-electron chi connectivity index (χ2n) is 7.01. The third-order valence-corrected chi connectivity index (χ3v) is 5.25. The number of hydrogen-bond donors (Lipinski definition) is 2. The molecule has 8 nitrogen and oxygen atoms in total. The monoisotopic (exact) mass is 416 g/mol. The Kier molecular flexibility index (Phi) is 4.32. The number of Topliss-reactive ketones (excluding diaryl/α,β-unsaturated/α-hetero) is 1. The van der Waals surface area contributed by atoms with Crippen molar-refractivity contribution in [3.63, 3.8) is 0 Å². The van der Waals surface area contributed by atoms with Crippen LogP contribution < -0.4 is 14.4 Å². The SMILES string of the molecule is O=C1C(=O)N(c2ccccc2O)C(c2ccncc2)/C1=C(/O)c1ccc2c(c1)OCO2. The van der Waals surface area contributed by atoms with Crippen LogP contribution in [0, 0.1) is 0 Å². The van der Waals surface area contributed by atoms with Crippen LogP contribution in [0.5, 0.6) is 17.2 Å². The zero-order valence-corrected chi connectivity index (χ0v) is 16.1. The number of phenols is 1. The number of rotatable bonds is 3. The molecular weight excluding hydrogens is 400 g/mol. The quantitative estimate of drug-likeness (QED) is 0.383. The van der Waals surface area contributed by atoms with Crippen LogP contribution in [-0.4, -0.2) is 33.7 Å². The third-order valence-electron chi connectivity index (χ3n) is 5.25. The number of ether oxygens (including phenoxy) is 2.